The summed E-state index contributed by atoms with van der Waals surface area (Å²) < 4.78 is 5.16. The highest BCUT2D eigenvalue weighted by molar-refractivity contribution is 6.01. The third-order valence-electron chi connectivity index (χ3n) is 4.47. The Morgan fingerprint density at radius 2 is 1.85 bits per heavy atom. The second-order valence-corrected chi connectivity index (χ2v) is 6.39. The van der Waals surface area contributed by atoms with Gasteiger partial charge in [-0.15, -0.1) is 10.2 Å². The van der Waals surface area contributed by atoms with E-state index in [1.54, 1.807) is 24.5 Å². The lowest BCUT2D eigenvalue weighted by molar-refractivity contribution is -0.111. The maximum Gasteiger partial charge on any atom is 0.248 e. The van der Waals surface area contributed by atoms with Gasteiger partial charge in [0, 0.05) is 30.4 Å². The first kappa shape index (κ1) is 17.0. The first-order valence-electron chi connectivity index (χ1n) is 9.00. The second kappa shape index (κ2) is 7.86. The Morgan fingerprint density at radius 3 is 2.52 bits per heavy atom. The van der Waals surface area contributed by atoms with Gasteiger partial charge >= 0.3 is 0 Å². The molecule has 0 atom stereocenters. The maximum absolute atomic E-state index is 12.0. The van der Waals surface area contributed by atoms with Crippen molar-refractivity contribution in [1.29, 1.82) is 0 Å². The van der Waals surface area contributed by atoms with Crippen molar-refractivity contribution in [2.75, 3.05) is 23.3 Å². The lowest BCUT2D eigenvalue weighted by atomic mass is 10.1. The van der Waals surface area contributed by atoms with E-state index in [0.29, 0.717) is 5.76 Å². The minimum absolute atomic E-state index is 0.214. The Labute approximate surface area is 157 Å². The minimum Gasteiger partial charge on any atom is -0.465 e. The van der Waals surface area contributed by atoms with E-state index in [4.69, 9.17) is 4.42 Å². The quantitative estimate of drug-likeness (QED) is 0.697. The van der Waals surface area contributed by atoms with Gasteiger partial charge in [-0.1, -0.05) is 12.1 Å². The van der Waals surface area contributed by atoms with Crippen molar-refractivity contribution < 1.29 is 9.21 Å². The average Bonchev–Trinajstić information content (AvgIpc) is 3.41. The summed E-state index contributed by atoms with van der Waals surface area (Å²) in [6.07, 6.45) is 7.06. The largest absolute Gasteiger partial charge is 0.465 e. The fourth-order valence-corrected chi connectivity index (χ4v) is 3.05. The topological polar surface area (TPSA) is 71.3 Å². The Kier molecular flexibility index (Phi) is 4.96. The van der Waals surface area contributed by atoms with Crippen molar-refractivity contribution in [2.45, 2.75) is 12.8 Å². The number of nitrogens with one attached hydrogen (secondary N) is 1. The number of anilines is 2. The molecule has 3 heterocycles. The van der Waals surface area contributed by atoms with E-state index in [1.165, 1.54) is 18.9 Å². The van der Waals surface area contributed by atoms with Crippen LogP contribution in [0, 0.1) is 0 Å². The molecule has 0 unspecified atom stereocenters. The number of carbonyl (C=O) groups excluding carboxylic acids is 1. The van der Waals surface area contributed by atoms with Crippen molar-refractivity contribution >= 4 is 23.5 Å². The third kappa shape index (κ3) is 4.23. The number of furan rings is 1. The number of rotatable bonds is 5. The zero-order chi connectivity index (χ0) is 18.5. The molecular formula is C21H20N4O2. The summed E-state index contributed by atoms with van der Waals surface area (Å²) >= 11 is 0. The Morgan fingerprint density at radius 1 is 1.04 bits per heavy atom. The van der Waals surface area contributed by atoms with Crippen LogP contribution in [0.1, 0.15) is 18.6 Å². The molecule has 0 aliphatic carbocycles. The molecule has 27 heavy (non-hydrogen) atoms. The van der Waals surface area contributed by atoms with Gasteiger partial charge in [0.2, 0.25) is 5.91 Å². The number of hydrogen-bond acceptors (Lipinski definition) is 5. The molecule has 0 radical (unpaired) electrons. The highest BCUT2D eigenvalue weighted by Crippen LogP contribution is 2.22. The van der Waals surface area contributed by atoms with Crippen LogP contribution in [0.25, 0.3) is 17.3 Å². The summed E-state index contributed by atoms with van der Waals surface area (Å²) in [7, 11) is 0. The van der Waals surface area contributed by atoms with Crippen LogP contribution >= 0.6 is 0 Å². The molecule has 0 saturated carbocycles. The van der Waals surface area contributed by atoms with Crippen LogP contribution in [0.15, 0.2) is 65.3 Å². The van der Waals surface area contributed by atoms with Crippen LogP contribution in [-0.4, -0.2) is 29.2 Å². The summed E-state index contributed by atoms with van der Waals surface area (Å²) in [4.78, 5) is 14.2. The number of carbonyl (C=O) groups is 1. The predicted octanol–water partition coefficient (Wildman–Crippen LogP) is 3.99. The monoisotopic (exact) mass is 360 g/mol. The third-order valence-corrected chi connectivity index (χ3v) is 4.47. The molecule has 0 bridgehead atoms. The van der Waals surface area contributed by atoms with Gasteiger partial charge in [-0.05, 0) is 55.3 Å². The van der Waals surface area contributed by atoms with Crippen molar-refractivity contribution in [2.24, 2.45) is 0 Å². The van der Waals surface area contributed by atoms with E-state index < -0.39 is 0 Å². The second-order valence-electron chi connectivity index (χ2n) is 6.39. The average molecular weight is 360 g/mol. The molecule has 2 aromatic heterocycles. The first-order valence-corrected chi connectivity index (χ1v) is 9.00. The zero-order valence-corrected chi connectivity index (χ0v) is 14.8. The smallest absolute Gasteiger partial charge is 0.248 e. The van der Waals surface area contributed by atoms with Crippen molar-refractivity contribution in [1.82, 2.24) is 10.2 Å². The van der Waals surface area contributed by atoms with Gasteiger partial charge in [0.1, 0.15) is 5.76 Å². The Balaban J connectivity index is 1.39. The standard InChI is InChI=1S/C21H20N4O2/c26-21(12-9-18-4-3-15-27-18)22-17-7-5-16(6-8-17)19-10-11-20(24-23-19)25-13-1-2-14-25/h3-12,15H,1-2,13-14H2,(H,22,26)/b12-9+. The van der Waals surface area contributed by atoms with Crippen LogP contribution in [0.4, 0.5) is 11.5 Å². The van der Waals surface area contributed by atoms with Crippen LogP contribution in [0.5, 0.6) is 0 Å². The van der Waals surface area contributed by atoms with Crippen molar-refractivity contribution in [3.05, 3.63) is 66.6 Å². The lowest BCUT2D eigenvalue weighted by Crippen LogP contribution is -2.19. The summed E-state index contributed by atoms with van der Waals surface area (Å²) in [6.45, 7) is 2.10. The summed E-state index contributed by atoms with van der Waals surface area (Å²) in [6, 6.07) is 15.1. The molecule has 6 nitrogen and oxygen atoms in total. The molecule has 1 N–H and O–H groups in total. The summed E-state index contributed by atoms with van der Waals surface area (Å²) in [5.41, 5.74) is 2.49. The van der Waals surface area contributed by atoms with Gasteiger partial charge in [0.25, 0.3) is 0 Å². The van der Waals surface area contributed by atoms with Gasteiger partial charge in [0.05, 0.1) is 12.0 Å². The van der Waals surface area contributed by atoms with Gasteiger partial charge in [-0.3, -0.25) is 4.79 Å². The molecule has 3 aromatic rings. The SMILES string of the molecule is O=C(/C=C/c1ccco1)Nc1ccc(-c2ccc(N3CCCC3)nn2)cc1. The summed E-state index contributed by atoms with van der Waals surface area (Å²) in [5, 5.41) is 11.5. The number of nitrogens with zero attached hydrogens (tertiary/aromatic N) is 3. The van der Waals surface area contributed by atoms with Crippen LogP contribution in [-0.2, 0) is 4.79 Å². The van der Waals surface area contributed by atoms with E-state index in [2.05, 4.69) is 20.4 Å². The molecule has 0 spiro atoms. The molecule has 1 saturated heterocycles. The van der Waals surface area contributed by atoms with E-state index in [-0.39, 0.29) is 5.91 Å². The van der Waals surface area contributed by atoms with Crippen LogP contribution < -0.4 is 10.2 Å². The summed E-state index contributed by atoms with van der Waals surface area (Å²) in [5.74, 6) is 1.36. The highest BCUT2D eigenvalue weighted by Gasteiger charge is 2.14. The van der Waals surface area contributed by atoms with E-state index in [1.807, 2.05) is 36.4 Å². The molecule has 1 amide bonds. The molecule has 1 aliphatic heterocycles. The highest BCUT2D eigenvalue weighted by atomic mass is 16.3. The van der Waals surface area contributed by atoms with E-state index in [9.17, 15) is 4.79 Å². The maximum atomic E-state index is 12.0. The molecule has 1 aromatic carbocycles. The fourth-order valence-electron chi connectivity index (χ4n) is 3.05. The van der Waals surface area contributed by atoms with Crippen molar-refractivity contribution in [3.8, 4) is 11.3 Å². The predicted molar refractivity (Wildman–Crippen MR) is 105 cm³/mol. The zero-order valence-electron chi connectivity index (χ0n) is 14.8. The molecule has 1 fully saturated rings. The normalized spacial score (nSPS) is 14.0. The number of amides is 1. The molecule has 6 heteroatoms. The molecule has 1 aliphatic rings. The minimum atomic E-state index is -0.214. The van der Waals surface area contributed by atoms with Gasteiger partial charge < -0.3 is 14.6 Å². The van der Waals surface area contributed by atoms with Crippen LogP contribution in [0.3, 0.4) is 0 Å². The Hall–Kier alpha value is -3.41. The molecule has 4 rings (SSSR count). The van der Waals surface area contributed by atoms with Crippen molar-refractivity contribution in [3.63, 3.8) is 0 Å². The number of hydrogen-bond donors (Lipinski definition) is 1. The van der Waals surface area contributed by atoms with Gasteiger partial charge in [0.15, 0.2) is 5.82 Å². The van der Waals surface area contributed by atoms with Gasteiger partial charge in [-0.2, -0.15) is 0 Å². The van der Waals surface area contributed by atoms with E-state index in [0.717, 1.165) is 35.9 Å². The lowest BCUT2D eigenvalue weighted by Gasteiger charge is -2.15. The molecule has 136 valence electrons. The van der Waals surface area contributed by atoms with Gasteiger partial charge in [-0.25, -0.2) is 0 Å². The number of benzene rings is 1. The number of aromatic nitrogens is 2. The Bertz CT molecular complexity index is 910. The molecular weight excluding hydrogens is 340 g/mol. The first-order chi connectivity index (χ1) is 13.3. The fraction of sp³-hybridized carbons (Fsp3) is 0.190. The van der Waals surface area contributed by atoms with Crippen LogP contribution in [0.2, 0.25) is 0 Å². The van der Waals surface area contributed by atoms with E-state index >= 15 is 0 Å².